The van der Waals surface area contributed by atoms with E-state index in [1.165, 1.54) is 0 Å². The molecule has 0 spiro atoms. The molecular formula is C12H22N2O2. The molecule has 0 bridgehead atoms. The Bertz CT molecular complexity index is 268. The van der Waals surface area contributed by atoms with Crippen molar-refractivity contribution in [3.05, 3.63) is 0 Å². The van der Waals surface area contributed by atoms with Crippen molar-refractivity contribution in [2.24, 2.45) is 5.41 Å². The number of rotatable bonds is 3. The fourth-order valence-corrected chi connectivity index (χ4v) is 2.51. The third kappa shape index (κ3) is 2.09. The van der Waals surface area contributed by atoms with Crippen molar-refractivity contribution >= 4 is 5.91 Å². The number of carbonyl (C=O) groups excluding carboxylic acids is 1. The van der Waals surface area contributed by atoms with Crippen LogP contribution in [0.3, 0.4) is 0 Å². The maximum Gasteiger partial charge on any atom is 0.231 e. The summed E-state index contributed by atoms with van der Waals surface area (Å²) < 4.78 is 0. The standard InChI is InChI=1S/C12H22N2O2/c1-13-7-3-10(4-8-13)14(2)11(16)12(9-15)5-6-12/h10,15H,3-9H2,1-2H3. The van der Waals surface area contributed by atoms with Gasteiger partial charge in [-0.1, -0.05) is 0 Å². The van der Waals surface area contributed by atoms with E-state index in [1.54, 1.807) is 0 Å². The number of hydrogen-bond donors (Lipinski definition) is 1. The number of likely N-dealkylation sites (tertiary alicyclic amines) is 1. The highest BCUT2D eigenvalue weighted by atomic mass is 16.3. The number of aliphatic hydroxyl groups is 1. The summed E-state index contributed by atoms with van der Waals surface area (Å²) in [7, 11) is 4.02. The summed E-state index contributed by atoms with van der Waals surface area (Å²) >= 11 is 0. The minimum Gasteiger partial charge on any atom is -0.395 e. The third-order valence-electron chi connectivity index (χ3n) is 4.17. The molecule has 1 saturated carbocycles. The molecule has 0 aromatic heterocycles. The van der Waals surface area contributed by atoms with Gasteiger partial charge in [0.25, 0.3) is 0 Å². The summed E-state index contributed by atoms with van der Waals surface area (Å²) in [5.41, 5.74) is -0.405. The molecule has 0 radical (unpaired) electrons. The van der Waals surface area contributed by atoms with Crippen LogP contribution in [-0.2, 0) is 4.79 Å². The molecule has 1 aliphatic carbocycles. The van der Waals surface area contributed by atoms with Crippen molar-refractivity contribution in [1.82, 2.24) is 9.80 Å². The van der Waals surface area contributed by atoms with Gasteiger partial charge in [-0.25, -0.2) is 0 Å². The smallest absolute Gasteiger partial charge is 0.231 e. The molecule has 0 atom stereocenters. The average Bonchev–Trinajstić information content (AvgIpc) is 3.09. The fourth-order valence-electron chi connectivity index (χ4n) is 2.51. The van der Waals surface area contributed by atoms with Gasteiger partial charge in [0.2, 0.25) is 5.91 Å². The van der Waals surface area contributed by atoms with E-state index in [0.717, 1.165) is 38.8 Å². The number of nitrogens with zero attached hydrogens (tertiary/aromatic N) is 2. The van der Waals surface area contributed by atoms with Crippen molar-refractivity contribution in [3.63, 3.8) is 0 Å². The summed E-state index contributed by atoms with van der Waals surface area (Å²) in [6.07, 6.45) is 3.83. The van der Waals surface area contributed by atoms with E-state index in [-0.39, 0.29) is 12.5 Å². The second-order valence-electron chi connectivity index (χ2n) is 5.39. The summed E-state index contributed by atoms with van der Waals surface area (Å²) in [4.78, 5) is 16.4. The van der Waals surface area contributed by atoms with Crippen LogP contribution in [0.5, 0.6) is 0 Å². The molecule has 2 fully saturated rings. The van der Waals surface area contributed by atoms with Crippen molar-refractivity contribution < 1.29 is 9.90 Å². The van der Waals surface area contributed by atoms with Gasteiger partial charge in [0, 0.05) is 13.1 Å². The van der Waals surface area contributed by atoms with Gasteiger partial charge in [0.15, 0.2) is 0 Å². The minimum atomic E-state index is -0.405. The zero-order valence-electron chi connectivity index (χ0n) is 10.3. The van der Waals surface area contributed by atoms with Crippen LogP contribution < -0.4 is 0 Å². The van der Waals surface area contributed by atoms with Gasteiger partial charge in [-0.2, -0.15) is 0 Å². The van der Waals surface area contributed by atoms with Crippen LogP contribution in [0.2, 0.25) is 0 Å². The molecule has 1 saturated heterocycles. The Morgan fingerprint density at radius 2 is 2.00 bits per heavy atom. The first-order valence-corrected chi connectivity index (χ1v) is 6.16. The largest absolute Gasteiger partial charge is 0.395 e. The highest BCUT2D eigenvalue weighted by Gasteiger charge is 2.51. The number of hydrogen-bond acceptors (Lipinski definition) is 3. The molecule has 4 heteroatoms. The maximum absolute atomic E-state index is 12.2. The van der Waals surface area contributed by atoms with E-state index in [9.17, 15) is 9.90 Å². The molecule has 1 amide bonds. The van der Waals surface area contributed by atoms with Crippen LogP contribution in [0.25, 0.3) is 0 Å². The Balaban J connectivity index is 1.92. The summed E-state index contributed by atoms with van der Waals surface area (Å²) in [5.74, 6) is 0.157. The first-order chi connectivity index (χ1) is 7.59. The summed E-state index contributed by atoms with van der Waals surface area (Å²) in [5, 5.41) is 9.26. The summed E-state index contributed by atoms with van der Waals surface area (Å²) in [6.45, 7) is 2.14. The average molecular weight is 226 g/mol. The third-order valence-corrected chi connectivity index (χ3v) is 4.17. The zero-order chi connectivity index (χ0) is 11.8. The van der Waals surface area contributed by atoms with Gasteiger partial charge in [0.1, 0.15) is 0 Å². The van der Waals surface area contributed by atoms with Gasteiger partial charge in [-0.05, 0) is 45.8 Å². The van der Waals surface area contributed by atoms with Crippen molar-refractivity contribution in [2.75, 3.05) is 33.8 Å². The molecule has 4 nitrogen and oxygen atoms in total. The molecule has 0 aromatic carbocycles. The minimum absolute atomic E-state index is 0.0167. The first-order valence-electron chi connectivity index (χ1n) is 6.16. The molecule has 16 heavy (non-hydrogen) atoms. The number of aliphatic hydroxyl groups excluding tert-OH is 1. The van der Waals surface area contributed by atoms with Gasteiger partial charge >= 0.3 is 0 Å². The topological polar surface area (TPSA) is 43.8 Å². The highest BCUT2D eigenvalue weighted by molar-refractivity contribution is 5.85. The second kappa shape index (κ2) is 4.34. The molecular weight excluding hydrogens is 204 g/mol. The van der Waals surface area contributed by atoms with Crippen LogP contribution in [0.15, 0.2) is 0 Å². The van der Waals surface area contributed by atoms with Crippen molar-refractivity contribution in [1.29, 1.82) is 0 Å². The van der Waals surface area contributed by atoms with E-state index >= 15 is 0 Å². The number of amides is 1. The van der Waals surface area contributed by atoms with Crippen LogP contribution in [0.4, 0.5) is 0 Å². The van der Waals surface area contributed by atoms with Crippen LogP contribution >= 0.6 is 0 Å². The maximum atomic E-state index is 12.2. The Morgan fingerprint density at radius 1 is 1.44 bits per heavy atom. The van der Waals surface area contributed by atoms with E-state index in [1.807, 2.05) is 11.9 Å². The van der Waals surface area contributed by atoms with E-state index in [2.05, 4.69) is 11.9 Å². The molecule has 2 rings (SSSR count). The normalized spacial score (nSPS) is 25.4. The van der Waals surface area contributed by atoms with Gasteiger partial charge in [-0.3, -0.25) is 4.79 Å². The number of carbonyl (C=O) groups is 1. The first kappa shape index (κ1) is 11.9. The monoisotopic (exact) mass is 226 g/mol. The Morgan fingerprint density at radius 3 is 2.44 bits per heavy atom. The quantitative estimate of drug-likeness (QED) is 0.753. The van der Waals surface area contributed by atoms with Gasteiger partial charge in [0.05, 0.1) is 12.0 Å². The van der Waals surface area contributed by atoms with Gasteiger partial charge < -0.3 is 14.9 Å². The number of piperidine rings is 1. The molecule has 0 unspecified atom stereocenters. The zero-order valence-corrected chi connectivity index (χ0v) is 10.3. The lowest BCUT2D eigenvalue weighted by molar-refractivity contribution is -0.140. The Kier molecular flexibility index (Phi) is 3.22. The molecule has 2 aliphatic rings. The molecule has 92 valence electrons. The van der Waals surface area contributed by atoms with E-state index in [0.29, 0.717) is 6.04 Å². The lowest BCUT2D eigenvalue weighted by atomic mass is 10.0. The van der Waals surface area contributed by atoms with E-state index < -0.39 is 5.41 Å². The van der Waals surface area contributed by atoms with Crippen molar-refractivity contribution in [3.8, 4) is 0 Å². The predicted molar refractivity (Wildman–Crippen MR) is 62.0 cm³/mol. The lowest BCUT2D eigenvalue weighted by Crippen LogP contribution is -2.47. The molecule has 0 aromatic rings. The van der Waals surface area contributed by atoms with Crippen molar-refractivity contribution in [2.45, 2.75) is 31.7 Å². The molecule has 1 aliphatic heterocycles. The summed E-state index contributed by atoms with van der Waals surface area (Å²) in [6, 6.07) is 0.368. The fraction of sp³-hybridized carbons (Fsp3) is 0.917. The second-order valence-corrected chi connectivity index (χ2v) is 5.39. The molecule has 1 N–H and O–H groups in total. The lowest BCUT2D eigenvalue weighted by Gasteiger charge is -2.36. The SMILES string of the molecule is CN1CCC(N(C)C(=O)C2(CO)CC2)CC1. The Labute approximate surface area is 97.2 Å². The van der Waals surface area contributed by atoms with Crippen LogP contribution in [0.1, 0.15) is 25.7 Å². The van der Waals surface area contributed by atoms with Crippen LogP contribution in [0, 0.1) is 5.41 Å². The van der Waals surface area contributed by atoms with Crippen LogP contribution in [-0.4, -0.2) is 60.6 Å². The molecule has 1 heterocycles. The van der Waals surface area contributed by atoms with Gasteiger partial charge in [-0.15, -0.1) is 0 Å². The predicted octanol–water partition coefficient (Wildman–Crippen LogP) is 0.311. The van der Waals surface area contributed by atoms with E-state index in [4.69, 9.17) is 0 Å². The highest BCUT2D eigenvalue weighted by Crippen LogP contribution is 2.46. The Hall–Kier alpha value is -0.610.